The van der Waals surface area contributed by atoms with Gasteiger partial charge in [-0.25, -0.2) is 4.98 Å². The molecule has 1 N–H and O–H groups in total. The zero-order valence-electron chi connectivity index (χ0n) is 15.6. The summed E-state index contributed by atoms with van der Waals surface area (Å²) in [5.41, 5.74) is 2.20. The summed E-state index contributed by atoms with van der Waals surface area (Å²) in [5.74, 6) is -0.104. The monoisotopic (exact) mass is 381 g/mol. The van der Waals surface area contributed by atoms with Crippen LogP contribution in [0.15, 0.2) is 48.5 Å². The van der Waals surface area contributed by atoms with Crippen LogP contribution in [-0.2, 0) is 11.2 Å². The van der Waals surface area contributed by atoms with Gasteiger partial charge < -0.3 is 10.2 Å². The summed E-state index contributed by atoms with van der Waals surface area (Å²) in [6.45, 7) is 5.23. The van der Waals surface area contributed by atoms with Crippen LogP contribution in [0.4, 0.5) is 5.69 Å². The number of carbonyl (C=O) groups is 2. The molecule has 2 aromatic carbocycles. The van der Waals surface area contributed by atoms with E-state index in [1.807, 2.05) is 38.1 Å². The molecule has 2 amide bonds. The van der Waals surface area contributed by atoms with Gasteiger partial charge in [-0.3, -0.25) is 9.59 Å². The van der Waals surface area contributed by atoms with E-state index in [2.05, 4.69) is 10.3 Å². The molecule has 0 unspecified atom stereocenters. The molecule has 27 heavy (non-hydrogen) atoms. The molecule has 6 heteroatoms. The van der Waals surface area contributed by atoms with Crippen LogP contribution in [-0.4, -0.2) is 34.8 Å². The number of benzene rings is 2. The zero-order valence-corrected chi connectivity index (χ0v) is 16.4. The lowest BCUT2D eigenvalue weighted by molar-refractivity contribution is -0.116. The first kappa shape index (κ1) is 19.0. The van der Waals surface area contributed by atoms with Gasteiger partial charge in [0.25, 0.3) is 5.91 Å². The summed E-state index contributed by atoms with van der Waals surface area (Å²) >= 11 is 1.62. The SMILES string of the molecule is CCN(CC)C(=O)c1cccc(NC(=O)CCc2nc3ccccc3s2)c1. The van der Waals surface area contributed by atoms with Crippen molar-refractivity contribution in [3.05, 3.63) is 59.1 Å². The fourth-order valence-electron chi connectivity index (χ4n) is 2.89. The molecule has 0 saturated heterocycles. The van der Waals surface area contributed by atoms with Gasteiger partial charge in [0, 0.05) is 37.2 Å². The minimum Gasteiger partial charge on any atom is -0.339 e. The zero-order chi connectivity index (χ0) is 19.2. The Labute approximate surface area is 163 Å². The highest BCUT2D eigenvalue weighted by Gasteiger charge is 2.13. The lowest BCUT2D eigenvalue weighted by atomic mass is 10.1. The van der Waals surface area contributed by atoms with Crippen LogP contribution in [0.1, 0.15) is 35.6 Å². The number of nitrogens with zero attached hydrogens (tertiary/aromatic N) is 2. The number of amides is 2. The number of rotatable bonds is 7. The largest absolute Gasteiger partial charge is 0.339 e. The van der Waals surface area contributed by atoms with Gasteiger partial charge in [-0.15, -0.1) is 11.3 Å². The predicted octanol–water partition coefficient (Wildman–Crippen LogP) is 4.35. The summed E-state index contributed by atoms with van der Waals surface area (Å²) in [5, 5.41) is 3.84. The van der Waals surface area contributed by atoms with E-state index in [9.17, 15) is 9.59 Å². The highest BCUT2D eigenvalue weighted by molar-refractivity contribution is 7.18. The van der Waals surface area contributed by atoms with E-state index in [0.717, 1.165) is 15.2 Å². The Kier molecular flexibility index (Phi) is 6.19. The van der Waals surface area contributed by atoms with Gasteiger partial charge in [0.15, 0.2) is 0 Å². The van der Waals surface area contributed by atoms with Crippen molar-refractivity contribution < 1.29 is 9.59 Å². The minimum atomic E-state index is -0.0818. The first-order valence-corrected chi connectivity index (χ1v) is 9.96. The van der Waals surface area contributed by atoms with E-state index in [-0.39, 0.29) is 11.8 Å². The van der Waals surface area contributed by atoms with Gasteiger partial charge >= 0.3 is 0 Å². The Morgan fingerprint density at radius 3 is 2.59 bits per heavy atom. The van der Waals surface area contributed by atoms with Gasteiger partial charge in [0.05, 0.1) is 15.2 Å². The average molecular weight is 382 g/mol. The van der Waals surface area contributed by atoms with E-state index < -0.39 is 0 Å². The van der Waals surface area contributed by atoms with Crippen LogP contribution in [0.3, 0.4) is 0 Å². The van der Waals surface area contributed by atoms with Crippen molar-refractivity contribution in [1.29, 1.82) is 0 Å². The van der Waals surface area contributed by atoms with Gasteiger partial charge in [0.2, 0.25) is 5.91 Å². The number of anilines is 1. The van der Waals surface area contributed by atoms with Gasteiger partial charge in [0.1, 0.15) is 0 Å². The van der Waals surface area contributed by atoms with E-state index >= 15 is 0 Å². The highest BCUT2D eigenvalue weighted by Crippen LogP contribution is 2.22. The van der Waals surface area contributed by atoms with Crippen molar-refractivity contribution in [1.82, 2.24) is 9.88 Å². The lowest BCUT2D eigenvalue weighted by Gasteiger charge is -2.19. The summed E-state index contributed by atoms with van der Waals surface area (Å²) in [7, 11) is 0. The fraction of sp³-hybridized carbons (Fsp3) is 0.286. The van der Waals surface area contributed by atoms with Crippen LogP contribution in [0.2, 0.25) is 0 Å². The summed E-state index contributed by atoms with van der Waals surface area (Å²) in [4.78, 5) is 31.1. The Hall–Kier alpha value is -2.73. The van der Waals surface area contributed by atoms with Gasteiger partial charge in [-0.2, -0.15) is 0 Å². The van der Waals surface area contributed by atoms with Crippen LogP contribution in [0, 0.1) is 0 Å². The third kappa shape index (κ3) is 4.71. The molecule has 0 fully saturated rings. The van der Waals surface area contributed by atoms with Crippen molar-refractivity contribution in [2.75, 3.05) is 18.4 Å². The number of hydrogen-bond acceptors (Lipinski definition) is 4. The van der Waals surface area contributed by atoms with Crippen LogP contribution in [0.5, 0.6) is 0 Å². The van der Waals surface area contributed by atoms with Crippen LogP contribution < -0.4 is 5.32 Å². The second-order valence-electron chi connectivity index (χ2n) is 6.18. The number of nitrogens with one attached hydrogen (secondary N) is 1. The molecule has 3 rings (SSSR count). The van der Waals surface area contributed by atoms with E-state index in [1.54, 1.807) is 40.5 Å². The molecule has 0 aliphatic heterocycles. The molecule has 0 aliphatic rings. The van der Waals surface area contributed by atoms with E-state index in [1.165, 1.54) is 0 Å². The summed E-state index contributed by atoms with van der Waals surface area (Å²) < 4.78 is 1.13. The number of fused-ring (bicyclic) bond motifs is 1. The summed E-state index contributed by atoms with van der Waals surface area (Å²) in [6, 6.07) is 15.1. The molecule has 3 aromatic rings. The fourth-order valence-corrected chi connectivity index (χ4v) is 3.86. The molecule has 0 aliphatic carbocycles. The normalized spacial score (nSPS) is 10.7. The molecule has 0 atom stereocenters. The highest BCUT2D eigenvalue weighted by atomic mass is 32.1. The standard InChI is InChI=1S/C21H23N3O2S/c1-3-24(4-2)21(26)15-8-7-9-16(14-15)22-19(25)12-13-20-23-17-10-5-6-11-18(17)27-20/h5-11,14H,3-4,12-13H2,1-2H3,(H,22,25). The second-order valence-corrected chi connectivity index (χ2v) is 7.30. The Morgan fingerprint density at radius 1 is 1.07 bits per heavy atom. The molecule has 140 valence electrons. The quantitative estimate of drug-likeness (QED) is 0.662. The Balaban J connectivity index is 1.60. The van der Waals surface area contributed by atoms with Crippen molar-refractivity contribution in [2.24, 2.45) is 0 Å². The average Bonchev–Trinajstić information content (AvgIpc) is 3.10. The molecular formula is C21H23N3O2S. The molecule has 0 radical (unpaired) electrons. The predicted molar refractivity (Wildman–Crippen MR) is 110 cm³/mol. The minimum absolute atomic E-state index is 0.0226. The van der Waals surface area contributed by atoms with E-state index in [4.69, 9.17) is 0 Å². The van der Waals surface area contributed by atoms with Crippen molar-refractivity contribution >= 4 is 39.1 Å². The molecule has 5 nitrogen and oxygen atoms in total. The number of para-hydroxylation sites is 1. The van der Waals surface area contributed by atoms with Crippen molar-refractivity contribution in [3.63, 3.8) is 0 Å². The second kappa shape index (κ2) is 8.77. The number of thiazole rings is 1. The van der Waals surface area contributed by atoms with Crippen LogP contribution >= 0.6 is 11.3 Å². The maximum absolute atomic E-state index is 12.4. The number of aromatic nitrogens is 1. The van der Waals surface area contributed by atoms with E-state index in [0.29, 0.717) is 37.2 Å². The Morgan fingerprint density at radius 2 is 1.85 bits per heavy atom. The molecule has 1 heterocycles. The molecule has 0 bridgehead atoms. The maximum atomic E-state index is 12.4. The number of hydrogen-bond donors (Lipinski definition) is 1. The topological polar surface area (TPSA) is 62.3 Å². The first-order valence-electron chi connectivity index (χ1n) is 9.14. The third-order valence-corrected chi connectivity index (χ3v) is 5.44. The molecular weight excluding hydrogens is 358 g/mol. The molecule has 1 aromatic heterocycles. The Bertz CT molecular complexity index is 914. The summed E-state index contributed by atoms with van der Waals surface area (Å²) in [6.07, 6.45) is 0.956. The lowest BCUT2D eigenvalue weighted by Crippen LogP contribution is -2.30. The van der Waals surface area contributed by atoms with Gasteiger partial charge in [-0.05, 0) is 44.2 Å². The van der Waals surface area contributed by atoms with Gasteiger partial charge in [-0.1, -0.05) is 18.2 Å². The third-order valence-electron chi connectivity index (χ3n) is 4.35. The first-order chi connectivity index (χ1) is 13.1. The van der Waals surface area contributed by atoms with Crippen LogP contribution in [0.25, 0.3) is 10.2 Å². The molecule has 0 spiro atoms. The number of carbonyl (C=O) groups excluding carboxylic acids is 2. The maximum Gasteiger partial charge on any atom is 0.253 e. The van der Waals surface area contributed by atoms with Crippen molar-refractivity contribution in [2.45, 2.75) is 26.7 Å². The van der Waals surface area contributed by atoms with Crippen molar-refractivity contribution in [3.8, 4) is 0 Å². The molecule has 0 saturated carbocycles. The number of aryl methyl sites for hydroxylation is 1. The smallest absolute Gasteiger partial charge is 0.253 e.